The van der Waals surface area contributed by atoms with Crippen LogP contribution in [0.25, 0.3) is 0 Å². The van der Waals surface area contributed by atoms with Crippen LogP contribution in [0.5, 0.6) is 0 Å². The van der Waals surface area contributed by atoms with Crippen molar-refractivity contribution >= 4 is 33.0 Å². The topological polar surface area (TPSA) is 63.2 Å². The molecule has 18 heavy (non-hydrogen) atoms. The Morgan fingerprint density at radius 3 is 2.83 bits per heavy atom. The van der Waals surface area contributed by atoms with Crippen molar-refractivity contribution in [1.82, 2.24) is 14.9 Å². The highest BCUT2D eigenvalue weighted by molar-refractivity contribution is 7.91. The van der Waals surface area contributed by atoms with Gasteiger partial charge in [0.2, 0.25) is 5.28 Å². The summed E-state index contributed by atoms with van der Waals surface area (Å²) >= 11 is 11.6. The molecule has 8 heteroatoms. The maximum atomic E-state index is 11.5. The van der Waals surface area contributed by atoms with Gasteiger partial charge in [-0.25, -0.2) is 18.4 Å². The summed E-state index contributed by atoms with van der Waals surface area (Å²) in [6.07, 6.45) is 1.58. The number of hydrogen-bond acceptors (Lipinski definition) is 5. The lowest BCUT2D eigenvalue weighted by Crippen LogP contribution is -2.46. The fourth-order valence-electron chi connectivity index (χ4n) is 1.96. The third-order valence-electron chi connectivity index (χ3n) is 2.96. The molecule has 1 fully saturated rings. The van der Waals surface area contributed by atoms with Crippen LogP contribution in [-0.4, -0.2) is 47.4 Å². The molecular formula is C10H13Cl2N3O2S. The van der Waals surface area contributed by atoms with E-state index in [2.05, 4.69) is 14.9 Å². The quantitative estimate of drug-likeness (QED) is 0.610. The molecule has 2 rings (SSSR count). The largest absolute Gasteiger partial charge is 0.294 e. The zero-order chi connectivity index (χ0) is 13.3. The van der Waals surface area contributed by atoms with E-state index in [1.54, 1.807) is 6.20 Å². The first-order chi connectivity index (χ1) is 8.37. The van der Waals surface area contributed by atoms with Gasteiger partial charge in [-0.3, -0.25) is 4.90 Å². The van der Waals surface area contributed by atoms with Crippen LogP contribution in [0.4, 0.5) is 0 Å². The predicted molar refractivity (Wildman–Crippen MR) is 70.6 cm³/mol. The molecule has 1 atom stereocenters. The molecule has 0 amide bonds. The van der Waals surface area contributed by atoms with E-state index >= 15 is 0 Å². The summed E-state index contributed by atoms with van der Waals surface area (Å²) in [5.41, 5.74) is 0.757. The minimum Gasteiger partial charge on any atom is -0.294 e. The van der Waals surface area contributed by atoms with Gasteiger partial charge >= 0.3 is 0 Å². The van der Waals surface area contributed by atoms with Crippen LogP contribution in [0.3, 0.4) is 0 Å². The monoisotopic (exact) mass is 309 g/mol. The van der Waals surface area contributed by atoms with E-state index in [1.165, 1.54) is 0 Å². The molecule has 0 radical (unpaired) electrons. The third kappa shape index (κ3) is 3.32. The average Bonchev–Trinajstić information content (AvgIpc) is 2.24. The van der Waals surface area contributed by atoms with Crippen LogP contribution in [0, 0.1) is 0 Å². The second-order valence-electron chi connectivity index (χ2n) is 4.39. The van der Waals surface area contributed by atoms with Crippen molar-refractivity contribution in [2.75, 3.05) is 18.1 Å². The van der Waals surface area contributed by atoms with Gasteiger partial charge < -0.3 is 0 Å². The van der Waals surface area contributed by atoms with Gasteiger partial charge in [-0.1, -0.05) is 11.6 Å². The van der Waals surface area contributed by atoms with Gasteiger partial charge in [0, 0.05) is 30.9 Å². The molecule has 1 saturated heterocycles. The van der Waals surface area contributed by atoms with Gasteiger partial charge in [-0.05, 0) is 18.5 Å². The smallest absolute Gasteiger partial charge is 0.223 e. The number of sulfone groups is 1. The van der Waals surface area contributed by atoms with Crippen molar-refractivity contribution in [3.05, 3.63) is 22.2 Å². The Labute approximate surface area is 116 Å². The van der Waals surface area contributed by atoms with Crippen LogP contribution in [-0.2, 0) is 16.4 Å². The third-order valence-corrected chi connectivity index (χ3v) is 5.27. The molecule has 1 aliphatic heterocycles. The minimum atomic E-state index is -2.90. The minimum absolute atomic E-state index is 0.0319. The number of rotatable bonds is 2. The van der Waals surface area contributed by atoms with Crippen LogP contribution < -0.4 is 0 Å². The first-order valence-corrected chi connectivity index (χ1v) is 8.06. The lowest BCUT2D eigenvalue weighted by molar-refractivity contribution is 0.217. The molecule has 0 saturated carbocycles. The van der Waals surface area contributed by atoms with Gasteiger partial charge in [-0.15, -0.1) is 0 Å². The molecule has 2 heterocycles. The summed E-state index contributed by atoms with van der Waals surface area (Å²) in [5, 5.41) is 0.425. The van der Waals surface area contributed by atoms with Crippen molar-refractivity contribution in [1.29, 1.82) is 0 Å². The van der Waals surface area contributed by atoms with E-state index in [9.17, 15) is 8.42 Å². The highest BCUT2D eigenvalue weighted by atomic mass is 35.5. The maximum absolute atomic E-state index is 11.5. The van der Waals surface area contributed by atoms with Crippen molar-refractivity contribution in [3.63, 3.8) is 0 Å². The summed E-state index contributed by atoms with van der Waals surface area (Å²) in [6, 6.07) is -0.0319. The molecular weight excluding hydrogens is 297 g/mol. The summed E-state index contributed by atoms with van der Waals surface area (Å²) in [6.45, 7) is 2.93. The highest BCUT2D eigenvalue weighted by Gasteiger charge is 2.28. The van der Waals surface area contributed by atoms with Gasteiger partial charge in [-0.2, -0.15) is 0 Å². The fourth-order valence-corrected chi connectivity index (χ4v) is 3.95. The zero-order valence-corrected chi connectivity index (χ0v) is 12.1. The number of hydrogen-bond donors (Lipinski definition) is 0. The summed E-state index contributed by atoms with van der Waals surface area (Å²) < 4.78 is 23.0. The molecule has 0 aromatic carbocycles. The molecule has 5 nitrogen and oxygen atoms in total. The van der Waals surface area contributed by atoms with Crippen LogP contribution >= 0.6 is 23.2 Å². The maximum Gasteiger partial charge on any atom is 0.223 e. The Kier molecular flexibility index (Phi) is 4.11. The van der Waals surface area contributed by atoms with Crippen LogP contribution in [0.15, 0.2) is 6.20 Å². The Hall–Kier alpha value is -0.430. The predicted octanol–water partition coefficient (Wildman–Crippen LogP) is 1.40. The van der Waals surface area contributed by atoms with E-state index < -0.39 is 9.84 Å². The van der Waals surface area contributed by atoms with Crippen LogP contribution in [0.1, 0.15) is 12.5 Å². The lowest BCUT2D eigenvalue weighted by atomic mass is 10.2. The van der Waals surface area contributed by atoms with E-state index in [4.69, 9.17) is 23.2 Å². The van der Waals surface area contributed by atoms with Crippen molar-refractivity contribution in [2.45, 2.75) is 19.5 Å². The molecule has 0 aliphatic carbocycles. The molecule has 1 aromatic heterocycles. The number of aromatic nitrogens is 2. The Morgan fingerprint density at radius 2 is 2.22 bits per heavy atom. The summed E-state index contributed by atoms with van der Waals surface area (Å²) in [4.78, 5) is 9.81. The normalized spacial score (nSPS) is 24.1. The molecule has 0 spiro atoms. The highest BCUT2D eigenvalue weighted by Crippen LogP contribution is 2.20. The standard InChI is InChI=1S/C10H13Cl2N3O2S/c1-7-6-18(16,17)3-2-15(7)5-8-4-13-10(12)14-9(8)11/h4,7H,2-3,5-6H2,1H3. The van der Waals surface area contributed by atoms with Crippen molar-refractivity contribution in [3.8, 4) is 0 Å². The molecule has 1 aliphatic rings. The molecule has 100 valence electrons. The Bertz CT molecular complexity index is 550. The van der Waals surface area contributed by atoms with E-state index in [-0.39, 0.29) is 22.8 Å². The Morgan fingerprint density at radius 1 is 1.50 bits per heavy atom. The van der Waals surface area contributed by atoms with Crippen LogP contribution in [0.2, 0.25) is 10.4 Å². The zero-order valence-electron chi connectivity index (χ0n) is 9.81. The van der Waals surface area contributed by atoms with E-state index in [0.717, 1.165) is 5.56 Å². The first-order valence-electron chi connectivity index (χ1n) is 5.49. The fraction of sp³-hybridized carbons (Fsp3) is 0.600. The number of halogens is 2. The summed E-state index contributed by atoms with van der Waals surface area (Å²) in [5.74, 6) is 0.364. The first kappa shape index (κ1) is 14.0. The molecule has 1 aromatic rings. The second kappa shape index (κ2) is 5.28. The Balaban J connectivity index is 2.10. The van der Waals surface area contributed by atoms with Gasteiger partial charge in [0.1, 0.15) is 5.15 Å². The van der Waals surface area contributed by atoms with Gasteiger partial charge in [0.15, 0.2) is 9.84 Å². The second-order valence-corrected chi connectivity index (χ2v) is 7.31. The molecule has 0 N–H and O–H groups in total. The van der Waals surface area contributed by atoms with E-state index in [0.29, 0.717) is 18.2 Å². The molecule has 0 bridgehead atoms. The SMILES string of the molecule is CC1CS(=O)(=O)CCN1Cc1cnc(Cl)nc1Cl. The lowest BCUT2D eigenvalue weighted by Gasteiger charge is -2.33. The van der Waals surface area contributed by atoms with Gasteiger partial charge in [0.05, 0.1) is 11.5 Å². The number of nitrogens with zero attached hydrogens (tertiary/aromatic N) is 3. The average molecular weight is 310 g/mol. The van der Waals surface area contributed by atoms with Crippen molar-refractivity contribution < 1.29 is 8.42 Å². The molecule has 1 unspecified atom stereocenters. The summed E-state index contributed by atoms with van der Waals surface area (Å²) in [7, 11) is -2.90. The van der Waals surface area contributed by atoms with Gasteiger partial charge in [0.25, 0.3) is 0 Å². The van der Waals surface area contributed by atoms with E-state index in [1.807, 2.05) is 6.92 Å². The van der Waals surface area contributed by atoms with Crippen molar-refractivity contribution in [2.24, 2.45) is 0 Å².